The fourth-order valence-electron chi connectivity index (χ4n) is 2.00. The third kappa shape index (κ3) is 1.27. The molecule has 4 nitrogen and oxygen atoms in total. The van der Waals surface area contributed by atoms with Gasteiger partial charge in [-0.3, -0.25) is 0 Å². The molecule has 0 spiro atoms. The summed E-state index contributed by atoms with van der Waals surface area (Å²) in [5.74, 6) is 0.734. The van der Waals surface area contributed by atoms with Gasteiger partial charge in [0.2, 0.25) is 0 Å². The van der Waals surface area contributed by atoms with E-state index >= 15 is 0 Å². The second-order valence-corrected chi connectivity index (χ2v) is 3.67. The van der Waals surface area contributed by atoms with Crippen LogP contribution in [0.4, 0.5) is 0 Å². The van der Waals surface area contributed by atoms with Crippen molar-refractivity contribution in [1.29, 1.82) is 0 Å². The van der Waals surface area contributed by atoms with Gasteiger partial charge in [-0.05, 0) is 18.8 Å². The lowest BCUT2D eigenvalue weighted by Gasteiger charge is -2.28. The summed E-state index contributed by atoms with van der Waals surface area (Å²) in [5.41, 5.74) is 2.79. The van der Waals surface area contributed by atoms with Gasteiger partial charge in [0, 0.05) is 6.42 Å². The largest absolute Gasteiger partial charge is 0.598 e. The number of quaternary nitrogens is 1. The highest BCUT2D eigenvalue weighted by Crippen LogP contribution is 2.24. The second kappa shape index (κ2) is 2.71. The third-order valence-corrected chi connectivity index (χ3v) is 2.73. The molecule has 2 fully saturated rings. The van der Waals surface area contributed by atoms with Crippen LogP contribution in [0.15, 0.2) is 0 Å². The van der Waals surface area contributed by atoms with E-state index in [4.69, 9.17) is 4.94 Å². The zero-order valence-electron chi connectivity index (χ0n) is 6.67. The molecule has 0 bridgehead atoms. The highest BCUT2D eigenvalue weighted by atomic mass is 17.0. The van der Waals surface area contributed by atoms with Gasteiger partial charge in [-0.25, -0.2) is 0 Å². The van der Waals surface area contributed by atoms with Crippen molar-refractivity contribution in [3.63, 3.8) is 0 Å². The van der Waals surface area contributed by atoms with Crippen LogP contribution in [-0.2, 0) is 4.94 Å². The summed E-state index contributed by atoms with van der Waals surface area (Å²) < 4.78 is 0. The predicted molar refractivity (Wildman–Crippen MR) is 39.1 cm³/mol. The van der Waals surface area contributed by atoms with Crippen molar-refractivity contribution < 1.29 is 10.2 Å². The Morgan fingerprint density at radius 1 is 1.55 bits per heavy atom. The Bertz CT molecular complexity index is 153. The van der Waals surface area contributed by atoms with Gasteiger partial charge in [-0.15, -0.1) is 10.4 Å². The van der Waals surface area contributed by atoms with Crippen LogP contribution < -0.4 is 10.7 Å². The molecule has 0 amide bonds. The molecular weight excluding hydrogens is 144 g/mol. The Labute approximate surface area is 66.0 Å². The first kappa shape index (κ1) is 7.49. The van der Waals surface area contributed by atoms with E-state index in [0.29, 0.717) is 6.04 Å². The molecule has 64 valence electrons. The Morgan fingerprint density at radius 2 is 2.36 bits per heavy atom. The molecule has 0 radical (unpaired) electrons. The normalized spacial score (nSPS) is 50.7. The number of nitrogens with one attached hydrogen (secondary N) is 2. The Hall–Kier alpha value is -0.160. The molecule has 0 aromatic carbocycles. The summed E-state index contributed by atoms with van der Waals surface area (Å²) in [6, 6.07) is 0.442. The maximum absolute atomic E-state index is 11.0. The van der Waals surface area contributed by atoms with E-state index in [9.17, 15) is 5.21 Å². The van der Waals surface area contributed by atoms with Crippen molar-refractivity contribution in [3.05, 3.63) is 5.21 Å². The lowest BCUT2D eigenvalue weighted by atomic mass is 9.84. The fourth-order valence-corrected chi connectivity index (χ4v) is 2.00. The molecule has 2 rings (SSSR count). The van der Waals surface area contributed by atoms with Gasteiger partial charge in [0.05, 0.1) is 6.04 Å². The highest BCUT2D eigenvalue weighted by Gasteiger charge is 2.39. The van der Waals surface area contributed by atoms with E-state index in [2.05, 4.69) is 12.4 Å². The minimum atomic E-state index is -0.0538. The van der Waals surface area contributed by atoms with Crippen molar-refractivity contribution in [3.8, 4) is 0 Å². The molecule has 0 aromatic heterocycles. The van der Waals surface area contributed by atoms with E-state index in [1.54, 1.807) is 0 Å². The van der Waals surface area contributed by atoms with Crippen LogP contribution in [0.5, 0.6) is 0 Å². The Morgan fingerprint density at radius 3 is 3.18 bits per heavy atom. The van der Waals surface area contributed by atoms with Crippen LogP contribution in [0.1, 0.15) is 26.2 Å². The summed E-state index contributed by atoms with van der Waals surface area (Å²) >= 11 is 0. The van der Waals surface area contributed by atoms with Gasteiger partial charge < -0.3 is 5.21 Å². The van der Waals surface area contributed by atoms with Crippen LogP contribution in [0.25, 0.3) is 0 Å². The molecule has 4 unspecified atom stereocenters. The summed E-state index contributed by atoms with van der Waals surface area (Å²) in [5, 5.41) is 11.0. The van der Waals surface area contributed by atoms with Crippen LogP contribution in [0, 0.1) is 11.1 Å². The SMILES string of the molecule is CC1CCC2C(C1)NO[NH+]2[O-]. The smallest absolute Gasteiger partial charge is 0.136 e. The van der Waals surface area contributed by atoms with Crippen LogP contribution in [0.2, 0.25) is 0 Å². The topological polar surface area (TPSA) is 48.8 Å². The van der Waals surface area contributed by atoms with Crippen molar-refractivity contribution >= 4 is 0 Å². The molecule has 4 heteroatoms. The van der Waals surface area contributed by atoms with Gasteiger partial charge in [0.15, 0.2) is 0 Å². The Kier molecular flexibility index (Phi) is 1.85. The van der Waals surface area contributed by atoms with E-state index in [-0.39, 0.29) is 11.3 Å². The minimum Gasteiger partial charge on any atom is -0.598 e. The number of hydroxylamine groups is 3. The van der Waals surface area contributed by atoms with E-state index in [1.807, 2.05) is 0 Å². The zero-order chi connectivity index (χ0) is 7.84. The van der Waals surface area contributed by atoms with Crippen molar-refractivity contribution in [2.45, 2.75) is 38.3 Å². The van der Waals surface area contributed by atoms with Crippen LogP contribution in [0.3, 0.4) is 0 Å². The maximum Gasteiger partial charge on any atom is 0.136 e. The number of hydrogen-bond acceptors (Lipinski definition) is 3. The van der Waals surface area contributed by atoms with Gasteiger partial charge in [-0.2, -0.15) is 5.23 Å². The summed E-state index contributed by atoms with van der Waals surface area (Å²) in [7, 11) is 0. The summed E-state index contributed by atoms with van der Waals surface area (Å²) in [4.78, 5) is 4.76. The highest BCUT2D eigenvalue weighted by molar-refractivity contribution is 4.82. The standard InChI is InChI=1S/C7H14N2O2/c1-5-2-3-7-6(4-5)8-11-9(7)10/h5-9H,2-4H2,1H3. The fraction of sp³-hybridized carbons (Fsp3) is 1.00. The number of rotatable bonds is 0. The van der Waals surface area contributed by atoms with Crippen LogP contribution >= 0.6 is 0 Å². The summed E-state index contributed by atoms with van der Waals surface area (Å²) in [6.07, 6.45) is 3.24. The quantitative estimate of drug-likeness (QED) is 0.462. The first-order chi connectivity index (χ1) is 5.27. The molecule has 1 saturated heterocycles. The van der Waals surface area contributed by atoms with Gasteiger partial charge in [0.25, 0.3) is 0 Å². The molecule has 1 aliphatic heterocycles. The van der Waals surface area contributed by atoms with E-state index < -0.39 is 0 Å². The average molecular weight is 158 g/mol. The van der Waals surface area contributed by atoms with E-state index in [1.165, 1.54) is 0 Å². The van der Waals surface area contributed by atoms with Crippen molar-refractivity contribution in [1.82, 2.24) is 5.48 Å². The minimum absolute atomic E-state index is 0.0538. The van der Waals surface area contributed by atoms with Crippen molar-refractivity contribution in [2.75, 3.05) is 0 Å². The van der Waals surface area contributed by atoms with Crippen LogP contribution in [-0.4, -0.2) is 12.1 Å². The van der Waals surface area contributed by atoms with Crippen molar-refractivity contribution in [2.24, 2.45) is 5.92 Å². The lowest BCUT2D eigenvalue weighted by molar-refractivity contribution is -1.06. The first-order valence-corrected chi connectivity index (χ1v) is 4.23. The van der Waals surface area contributed by atoms with Gasteiger partial charge >= 0.3 is 0 Å². The molecular formula is C7H14N2O2. The monoisotopic (exact) mass is 158 g/mol. The lowest BCUT2D eigenvalue weighted by Crippen LogP contribution is -3.08. The Balaban J connectivity index is 2.00. The second-order valence-electron chi connectivity index (χ2n) is 3.67. The van der Waals surface area contributed by atoms with Gasteiger partial charge in [0.1, 0.15) is 6.04 Å². The maximum atomic E-state index is 11.0. The summed E-state index contributed by atoms with van der Waals surface area (Å²) in [6.45, 7) is 2.22. The molecule has 1 saturated carbocycles. The third-order valence-electron chi connectivity index (χ3n) is 2.73. The molecule has 2 N–H and O–H groups in total. The van der Waals surface area contributed by atoms with E-state index in [0.717, 1.165) is 25.2 Å². The molecule has 1 heterocycles. The zero-order valence-corrected chi connectivity index (χ0v) is 6.67. The molecule has 0 aromatic rings. The average Bonchev–Trinajstić information content (AvgIpc) is 2.32. The predicted octanol–water partition coefficient (Wildman–Crippen LogP) is -0.624. The molecule has 11 heavy (non-hydrogen) atoms. The molecule has 4 atom stereocenters. The first-order valence-electron chi connectivity index (χ1n) is 4.23. The number of hydrogen-bond donors (Lipinski definition) is 2. The molecule has 2 aliphatic rings. The van der Waals surface area contributed by atoms with Gasteiger partial charge in [-0.1, -0.05) is 6.92 Å². The number of fused-ring (bicyclic) bond motifs is 1. The molecule has 1 aliphatic carbocycles.